The van der Waals surface area contributed by atoms with Gasteiger partial charge in [-0.1, -0.05) is 6.08 Å². The second-order valence-corrected chi connectivity index (χ2v) is 1.83. The van der Waals surface area contributed by atoms with Gasteiger partial charge in [0.1, 0.15) is 0 Å². The van der Waals surface area contributed by atoms with Gasteiger partial charge < -0.3 is 5.11 Å². The smallest absolute Gasteiger partial charge is 0.0476 e. The van der Waals surface area contributed by atoms with Crippen LogP contribution in [0.25, 0.3) is 0 Å². The second-order valence-electron chi connectivity index (χ2n) is 1.25. The normalized spacial score (nSPS) is 10.6. The minimum absolute atomic E-state index is 0. The Morgan fingerprint density at radius 1 is 1.75 bits per heavy atom. The van der Waals surface area contributed by atoms with Crippen LogP contribution in [0.4, 0.5) is 0 Å². The summed E-state index contributed by atoms with van der Waals surface area (Å²) in [6, 6.07) is 0. The summed E-state index contributed by atoms with van der Waals surface area (Å²) in [7, 11) is 0. The Balaban J connectivity index is 0. The summed E-state index contributed by atoms with van der Waals surface area (Å²) >= 11 is 4.01. The molecular formula is C5H10NaOS. The van der Waals surface area contributed by atoms with Gasteiger partial charge in [0, 0.05) is 42.6 Å². The van der Waals surface area contributed by atoms with Crippen molar-refractivity contribution in [2.45, 2.75) is 13.3 Å². The Labute approximate surface area is 77.9 Å². The number of rotatable bonds is 2. The summed E-state index contributed by atoms with van der Waals surface area (Å²) in [5.41, 5.74) is 0. The average Bonchev–Trinajstić information content (AvgIpc) is 1.68. The number of hydrogen-bond donors (Lipinski definition) is 2. The van der Waals surface area contributed by atoms with Crippen molar-refractivity contribution >= 4 is 42.2 Å². The predicted octanol–water partition coefficient (Wildman–Crippen LogP) is 0.822. The predicted molar refractivity (Wildman–Crippen MR) is 40.2 cm³/mol. The van der Waals surface area contributed by atoms with Crippen molar-refractivity contribution in [3.63, 3.8) is 0 Å². The number of thiol groups is 1. The van der Waals surface area contributed by atoms with Crippen LogP contribution >= 0.6 is 12.6 Å². The quantitative estimate of drug-likeness (QED) is 0.431. The zero-order chi connectivity index (χ0) is 5.70. The van der Waals surface area contributed by atoms with Gasteiger partial charge in [-0.05, 0) is 11.8 Å². The molecule has 0 aliphatic carbocycles. The summed E-state index contributed by atoms with van der Waals surface area (Å²) in [5.74, 6) is 0. The Morgan fingerprint density at radius 3 is 2.38 bits per heavy atom. The fourth-order valence-corrected chi connectivity index (χ4v) is 0.359. The minimum Gasteiger partial charge on any atom is -0.396 e. The molecule has 0 bridgehead atoms. The number of aliphatic hydroxyl groups is 1. The van der Waals surface area contributed by atoms with Gasteiger partial charge in [-0.2, -0.15) is 0 Å². The molecule has 0 saturated heterocycles. The van der Waals surface area contributed by atoms with E-state index < -0.39 is 0 Å². The van der Waals surface area contributed by atoms with Gasteiger partial charge in [-0.15, -0.1) is 12.6 Å². The first kappa shape index (κ1) is 11.8. The summed E-state index contributed by atoms with van der Waals surface area (Å²) in [6.07, 6.45) is 2.55. The first-order valence-electron chi connectivity index (χ1n) is 2.26. The molecule has 1 N–H and O–H groups in total. The standard InChI is InChI=1S/C5H10OS.Na/c1-2-5(7)3-4-6;/h2,6-7H,3-4H2,1H3;. The van der Waals surface area contributed by atoms with Crippen molar-refractivity contribution in [1.29, 1.82) is 0 Å². The topological polar surface area (TPSA) is 20.2 Å². The van der Waals surface area contributed by atoms with Crippen molar-refractivity contribution < 1.29 is 5.11 Å². The average molecular weight is 141 g/mol. The molecule has 0 spiro atoms. The van der Waals surface area contributed by atoms with E-state index in [0.29, 0.717) is 6.42 Å². The van der Waals surface area contributed by atoms with Crippen molar-refractivity contribution in [3.8, 4) is 0 Å². The number of allylic oxidation sites excluding steroid dienone is 1. The van der Waals surface area contributed by atoms with E-state index in [4.69, 9.17) is 5.11 Å². The Morgan fingerprint density at radius 2 is 2.25 bits per heavy atom. The molecular weight excluding hydrogens is 131 g/mol. The molecule has 3 heteroatoms. The van der Waals surface area contributed by atoms with Crippen LogP contribution in [0.2, 0.25) is 0 Å². The number of hydrogen-bond acceptors (Lipinski definition) is 2. The first-order chi connectivity index (χ1) is 3.31. The van der Waals surface area contributed by atoms with E-state index in [1.165, 1.54) is 0 Å². The van der Waals surface area contributed by atoms with Crippen LogP contribution in [0.1, 0.15) is 13.3 Å². The minimum atomic E-state index is 0. The zero-order valence-corrected chi connectivity index (χ0v) is 8.28. The summed E-state index contributed by atoms with van der Waals surface area (Å²) in [6.45, 7) is 2.10. The third kappa shape index (κ3) is 7.05. The van der Waals surface area contributed by atoms with Crippen LogP contribution in [0, 0.1) is 0 Å². The summed E-state index contributed by atoms with van der Waals surface area (Å²) in [5, 5.41) is 8.28. The molecule has 0 aliphatic rings. The van der Waals surface area contributed by atoms with E-state index in [-0.39, 0.29) is 36.2 Å². The molecule has 0 heterocycles. The molecule has 43 valence electrons. The van der Waals surface area contributed by atoms with Gasteiger partial charge >= 0.3 is 0 Å². The third-order valence-corrected chi connectivity index (χ3v) is 1.18. The SMILES string of the molecule is CC=C(S)CCO.[Na]. The van der Waals surface area contributed by atoms with Crippen LogP contribution in [-0.4, -0.2) is 41.3 Å². The fourth-order valence-electron chi connectivity index (χ4n) is 0.259. The van der Waals surface area contributed by atoms with E-state index in [2.05, 4.69) is 12.6 Å². The van der Waals surface area contributed by atoms with Gasteiger partial charge in [0.15, 0.2) is 0 Å². The molecule has 8 heavy (non-hydrogen) atoms. The summed E-state index contributed by atoms with van der Waals surface area (Å²) < 4.78 is 0. The molecule has 0 atom stereocenters. The molecule has 0 aromatic heterocycles. The third-order valence-electron chi connectivity index (χ3n) is 0.701. The van der Waals surface area contributed by atoms with Crippen LogP contribution in [0.5, 0.6) is 0 Å². The van der Waals surface area contributed by atoms with Gasteiger partial charge in [0.2, 0.25) is 0 Å². The maximum absolute atomic E-state index is 8.28. The van der Waals surface area contributed by atoms with Crippen LogP contribution in [-0.2, 0) is 0 Å². The van der Waals surface area contributed by atoms with Gasteiger partial charge in [-0.25, -0.2) is 0 Å². The van der Waals surface area contributed by atoms with E-state index in [9.17, 15) is 0 Å². The molecule has 0 fully saturated rings. The molecule has 0 aromatic carbocycles. The molecule has 0 rings (SSSR count). The molecule has 0 unspecified atom stereocenters. The molecule has 1 nitrogen and oxygen atoms in total. The van der Waals surface area contributed by atoms with E-state index in [0.717, 1.165) is 4.91 Å². The molecule has 1 radical (unpaired) electrons. The first-order valence-corrected chi connectivity index (χ1v) is 2.71. The van der Waals surface area contributed by atoms with E-state index in [1.54, 1.807) is 0 Å². The van der Waals surface area contributed by atoms with Gasteiger partial charge in [0.25, 0.3) is 0 Å². The summed E-state index contributed by atoms with van der Waals surface area (Å²) in [4.78, 5) is 0.947. The van der Waals surface area contributed by atoms with Crippen LogP contribution in [0.15, 0.2) is 11.0 Å². The van der Waals surface area contributed by atoms with Crippen LogP contribution in [0.3, 0.4) is 0 Å². The molecule has 0 saturated carbocycles. The molecule has 0 aliphatic heterocycles. The molecule has 0 aromatic rings. The fraction of sp³-hybridized carbons (Fsp3) is 0.600. The Kier molecular flexibility index (Phi) is 11.9. The Bertz CT molecular complexity index is 72.8. The molecule has 0 amide bonds. The van der Waals surface area contributed by atoms with E-state index in [1.807, 2.05) is 13.0 Å². The monoisotopic (exact) mass is 141 g/mol. The second kappa shape index (κ2) is 8.05. The van der Waals surface area contributed by atoms with Gasteiger partial charge in [0.05, 0.1) is 0 Å². The van der Waals surface area contributed by atoms with Crippen LogP contribution < -0.4 is 0 Å². The van der Waals surface area contributed by atoms with Crippen molar-refractivity contribution in [2.24, 2.45) is 0 Å². The van der Waals surface area contributed by atoms with Crippen molar-refractivity contribution in [3.05, 3.63) is 11.0 Å². The zero-order valence-electron chi connectivity index (χ0n) is 5.39. The Hall–Kier alpha value is 1.05. The van der Waals surface area contributed by atoms with E-state index >= 15 is 0 Å². The maximum Gasteiger partial charge on any atom is 0.0476 e. The largest absolute Gasteiger partial charge is 0.396 e. The van der Waals surface area contributed by atoms with Crippen molar-refractivity contribution in [1.82, 2.24) is 0 Å². The van der Waals surface area contributed by atoms with Crippen molar-refractivity contribution in [2.75, 3.05) is 6.61 Å². The number of aliphatic hydroxyl groups excluding tert-OH is 1. The van der Waals surface area contributed by atoms with Gasteiger partial charge in [-0.3, -0.25) is 0 Å². The maximum atomic E-state index is 8.28.